The topological polar surface area (TPSA) is 138 Å². The molecule has 1 amide bonds. The second kappa shape index (κ2) is 11.0. The van der Waals surface area contributed by atoms with E-state index in [1.54, 1.807) is 43.3 Å². The van der Waals surface area contributed by atoms with Crippen LogP contribution in [-0.4, -0.2) is 31.1 Å². The van der Waals surface area contributed by atoms with Gasteiger partial charge in [-0.15, -0.1) is 5.11 Å². The minimum absolute atomic E-state index is 0.00794. The molecule has 0 radical (unpaired) electrons. The summed E-state index contributed by atoms with van der Waals surface area (Å²) in [5.41, 5.74) is 0.568. The summed E-state index contributed by atoms with van der Waals surface area (Å²) >= 11 is 12.2. The monoisotopic (exact) mass is 573 g/mol. The molecule has 0 aliphatic carbocycles. The summed E-state index contributed by atoms with van der Waals surface area (Å²) in [6.07, 6.45) is 0.170. The number of hydrogen-bond donors (Lipinski definition) is 3. The average molecular weight is 574 g/mol. The van der Waals surface area contributed by atoms with Gasteiger partial charge in [-0.3, -0.25) is 9.35 Å². The van der Waals surface area contributed by atoms with E-state index in [9.17, 15) is 22.9 Å². The Morgan fingerprint density at radius 1 is 1.03 bits per heavy atom. The van der Waals surface area contributed by atoms with Gasteiger partial charge in [0.25, 0.3) is 16.0 Å². The lowest BCUT2D eigenvalue weighted by Crippen LogP contribution is -2.12. The predicted molar refractivity (Wildman–Crippen MR) is 146 cm³/mol. The maximum atomic E-state index is 13.1. The van der Waals surface area contributed by atoms with Gasteiger partial charge in [0.15, 0.2) is 5.75 Å². The quantitative estimate of drug-likeness (QED) is 0.156. The van der Waals surface area contributed by atoms with Crippen molar-refractivity contribution in [3.05, 3.63) is 81.8 Å². The number of aromatic hydroxyl groups is 1. The smallest absolute Gasteiger partial charge is 0.296 e. The molecule has 4 rings (SSSR count). The third-order valence-electron chi connectivity index (χ3n) is 5.71. The van der Waals surface area contributed by atoms with Gasteiger partial charge >= 0.3 is 0 Å². The molecule has 0 unspecified atom stereocenters. The Bertz CT molecular complexity index is 1710. The van der Waals surface area contributed by atoms with Crippen molar-refractivity contribution >= 4 is 67.1 Å². The molecule has 0 heterocycles. The summed E-state index contributed by atoms with van der Waals surface area (Å²) < 4.78 is 38.6. The van der Waals surface area contributed by atoms with Crippen LogP contribution in [0.2, 0.25) is 10.0 Å². The number of nitrogens with one attached hydrogen (secondary N) is 1. The lowest BCUT2D eigenvalue weighted by atomic mass is 10.0. The molecule has 0 aliphatic heterocycles. The Labute approximate surface area is 228 Å². The highest BCUT2D eigenvalue weighted by molar-refractivity contribution is 7.86. The van der Waals surface area contributed by atoms with Crippen molar-refractivity contribution in [1.82, 2.24) is 0 Å². The van der Waals surface area contributed by atoms with Crippen molar-refractivity contribution < 1.29 is 27.6 Å². The van der Waals surface area contributed by atoms with E-state index in [4.69, 9.17) is 27.9 Å². The van der Waals surface area contributed by atoms with Crippen LogP contribution in [0.1, 0.15) is 22.8 Å². The van der Waals surface area contributed by atoms with Gasteiger partial charge in [-0.1, -0.05) is 54.4 Å². The number of phenols is 1. The minimum Gasteiger partial charge on any atom is -0.505 e. The number of carbonyl (C=O) groups excluding carboxylic acids is 1. The molecule has 12 heteroatoms. The molecule has 0 saturated heterocycles. The Morgan fingerprint density at radius 3 is 2.42 bits per heavy atom. The molecule has 4 aromatic carbocycles. The SMILES string of the molecule is CCc1c(N=Nc2c(O)c(C(=O)Nc3ccc(OC)c(Cl)c3)cc3ccccc23)ccc(Cl)c1S(=O)(=O)O. The van der Waals surface area contributed by atoms with E-state index in [0.29, 0.717) is 27.2 Å². The molecule has 9 nitrogen and oxygen atoms in total. The number of ether oxygens (including phenoxy) is 1. The van der Waals surface area contributed by atoms with Crippen LogP contribution in [0.4, 0.5) is 17.1 Å². The third kappa shape index (κ3) is 5.44. The van der Waals surface area contributed by atoms with E-state index in [0.717, 1.165) is 0 Å². The average Bonchev–Trinajstić information content (AvgIpc) is 2.87. The first kappa shape index (κ1) is 27.3. The van der Waals surface area contributed by atoms with Crippen LogP contribution in [0, 0.1) is 0 Å². The Balaban J connectivity index is 1.81. The number of carbonyl (C=O) groups is 1. The van der Waals surface area contributed by atoms with E-state index < -0.39 is 26.7 Å². The van der Waals surface area contributed by atoms with Crippen LogP contribution in [0.15, 0.2) is 75.8 Å². The van der Waals surface area contributed by atoms with Crippen LogP contribution in [0.25, 0.3) is 10.8 Å². The van der Waals surface area contributed by atoms with Gasteiger partial charge in [0.05, 0.1) is 28.4 Å². The van der Waals surface area contributed by atoms with Crippen molar-refractivity contribution in [2.75, 3.05) is 12.4 Å². The van der Waals surface area contributed by atoms with Gasteiger partial charge in [-0.2, -0.15) is 13.5 Å². The van der Waals surface area contributed by atoms with Crippen molar-refractivity contribution in [1.29, 1.82) is 0 Å². The summed E-state index contributed by atoms with van der Waals surface area (Å²) in [5, 5.41) is 23.4. The number of hydrogen-bond acceptors (Lipinski definition) is 7. The van der Waals surface area contributed by atoms with Gasteiger partial charge in [0.2, 0.25) is 0 Å². The number of amides is 1. The number of halogens is 2. The summed E-state index contributed by atoms with van der Waals surface area (Å²) in [4.78, 5) is 12.7. The van der Waals surface area contributed by atoms with Gasteiger partial charge in [-0.05, 0) is 48.2 Å². The van der Waals surface area contributed by atoms with Crippen molar-refractivity contribution in [3.63, 3.8) is 0 Å². The molecule has 0 saturated carbocycles. The highest BCUT2D eigenvalue weighted by atomic mass is 35.5. The maximum Gasteiger partial charge on any atom is 0.296 e. The van der Waals surface area contributed by atoms with E-state index in [-0.39, 0.29) is 33.9 Å². The largest absolute Gasteiger partial charge is 0.505 e. The molecule has 0 atom stereocenters. The molecule has 0 aliphatic rings. The number of methoxy groups -OCH3 is 1. The van der Waals surface area contributed by atoms with Crippen LogP contribution >= 0.6 is 23.2 Å². The fourth-order valence-electron chi connectivity index (χ4n) is 3.94. The molecule has 0 spiro atoms. The fraction of sp³-hybridized carbons (Fsp3) is 0.115. The van der Waals surface area contributed by atoms with Gasteiger partial charge in [-0.25, -0.2) is 0 Å². The minimum atomic E-state index is -4.63. The first-order chi connectivity index (χ1) is 18.0. The molecule has 196 valence electrons. The van der Waals surface area contributed by atoms with Crippen molar-refractivity contribution in [3.8, 4) is 11.5 Å². The highest BCUT2D eigenvalue weighted by Crippen LogP contribution is 2.41. The Hall–Kier alpha value is -3.70. The fourth-order valence-corrected chi connectivity index (χ4v) is 5.54. The molecule has 38 heavy (non-hydrogen) atoms. The van der Waals surface area contributed by atoms with E-state index in [1.165, 1.54) is 31.4 Å². The highest BCUT2D eigenvalue weighted by Gasteiger charge is 2.23. The number of phenolic OH excluding ortho intramolecular Hbond substituents is 1. The molecule has 0 fully saturated rings. The number of fused-ring (bicyclic) bond motifs is 1. The lowest BCUT2D eigenvalue weighted by Gasteiger charge is -2.12. The van der Waals surface area contributed by atoms with Gasteiger partial charge < -0.3 is 15.2 Å². The summed E-state index contributed by atoms with van der Waals surface area (Å²) in [7, 11) is -3.16. The zero-order chi connectivity index (χ0) is 27.6. The van der Waals surface area contributed by atoms with Crippen LogP contribution in [0.3, 0.4) is 0 Å². The lowest BCUT2D eigenvalue weighted by molar-refractivity contribution is 0.102. The second-order valence-electron chi connectivity index (χ2n) is 8.05. The number of azo groups is 1. The molecular weight excluding hydrogens is 553 g/mol. The summed E-state index contributed by atoms with van der Waals surface area (Å²) in [6, 6.07) is 15.9. The number of rotatable bonds is 7. The zero-order valence-corrected chi connectivity index (χ0v) is 22.4. The van der Waals surface area contributed by atoms with E-state index in [1.807, 2.05) is 0 Å². The number of nitrogens with zero attached hydrogens (tertiary/aromatic N) is 2. The summed E-state index contributed by atoms with van der Waals surface area (Å²) in [6.45, 7) is 1.67. The first-order valence-electron chi connectivity index (χ1n) is 11.1. The number of benzene rings is 4. The standard InChI is InChI=1S/C26H21Cl2N3O6S/c1-3-16-21(10-9-19(27)25(16)38(34,35)36)30-31-23-17-7-5-4-6-14(17)12-18(24(23)32)26(33)29-15-8-11-22(37-2)20(28)13-15/h4-13,32H,3H2,1-2H3,(H,29,33)(H,34,35,36). The normalized spacial score (nSPS) is 11.7. The van der Waals surface area contributed by atoms with Crippen LogP contribution in [-0.2, 0) is 16.5 Å². The van der Waals surface area contributed by atoms with E-state index >= 15 is 0 Å². The van der Waals surface area contributed by atoms with Gasteiger partial charge in [0, 0.05) is 16.6 Å². The van der Waals surface area contributed by atoms with Crippen molar-refractivity contribution in [2.24, 2.45) is 10.2 Å². The second-order valence-corrected chi connectivity index (χ2v) is 10.2. The molecule has 4 aromatic rings. The summed E-state index contributed by atoms with van der Waals surface area (Å²) in [5.74, 6) is -0.626. The van der Waals surface area contributed by atoms with Crippen molar-refractivity contribution in [2.45, 2.75) is 18.2 Å². The first-order valence-corrected chi connectivity index (χ1v) is 13.3. The Morgan fingerprint density at radius 2 is 1.76 bits per heavy atom. The molecular formula is C26H21Cl2N3O6S. The van der Waals surface area contributed by atoms with Crippen LogP contribution in [0.5, 0.6) is 11.5 Å². The van der Waals surface area contributed by atoms with E-state index in [2.05, 4.69) is 15.5 Å². The molecule has 0 bridgehead atoms. The maximum absolute atomic E-state index is 13.1. The predicted octanol–water partition coefficient (Wildman–Crippen LogP) is 7.34. The number of anilines is 1. The van der Waals surface area contributed by atoms with Gasteiger partial charge in [0.1, 0.15) is 16.3 Å². The molecule has 0 aromatic heterocycles. The van der Waals surface area contributed by atoms with Crippen LogP contribution < -0.4 is 10.1 Å². The third-order valence-corrected chi connectivity index (χ3v) is 7.41. The zero-order valence-electron chi connectivity index (χ0n) is 20.1. The Kier molecular flexibility index (Phi) is 7.89. The molecule has 3 N–H and O–H groups in total.